The molecule has 34 heavy (non-hydrogen) atoms. The maximum Gasteiger partial charge on any atom is 0.219 e. The fourth-order valence-corrected chi connectivity index (χ4v) is 4.18. The molecule has 2 aromatic carbocycles. The number of rotatable bonds is 4. The van der Waals surface area contributed by atoms with Gasteiger partial charge in [-0.3, -0.25) is 0 Å². The molecule has 0 aliphatic rings. The van der Waals surface area contributed by atoms with Crippen molar-refractivity contribution in [2.45, 2.75) is 33.2 Å². The lowest BCUT2D eigenvalue weighted by Crippen LogP contribution is -2.23. The molecule has 8 heteroatoms. The third kappa shape index (κ3) is 3.77. The highest BCUT2D eigenvalue weighted by molar-refractivity contribution is 5.87. The predicted octanol–water partition coefficient (Wildman–Crippen LogP) is 5.00. The van der Waals surface area contributed by atoms with E-state index in [1.165, 1.54) is 0 Å². The molecule has 0 fully saturated rings. The number of imidazole rings is 1. The van der Waals surface area contributed by atoms with E-state index < -0.39 is 0 Å². The van der Waals surface area contributed by atoms with Crippen molar-refractivity contribution in [3.8, 4) is 34.0 Å². The smallest absolute Gasteiger partial charge is 0.219 e. The topological polar surface area (TPSA) is 96.7 Å². The molecule has 0 atom stereocenters. The van der Waals surface area contributed by atoms with Gasteiger partial charge in [-0.1, -0.05) is 6.07 Å². The Kier molecular flexibility index (Phi) is 5.08. The number of methoxy groups -OCH3 is 1. The zero-order valence-corrected chi connectivity index (χ0v) is 19.9. The van der Waals surface area contributed by atoms with Crippen LogP contribution >= 0.6 is 0 Å². The van der Waals surface area contributed by atoms with Crippen LogP contribution in [0.5, 0.6) is 5.75 Å². The van der Waals surface area contributed by atoms with Crippen LogP contribution in [0, 0.1) is 6.92 Å². The van der Waals surface area contributed by atoms with Crippen molar-refractivity contribution >= 4 is 17.0 Å². The molecule has 5 aromatic rings. The molecule has 0 amide bonds. The van der Waals surface area contributed by atoms with Crippen molar-refractivity contribution in [3.63, 3.8) is 0 Å². The zero-order chi connectivity index (χ0) is 24.0. The van der Waals surface area contributed by atoms with Crippen LogP contribution in [0.3, 0.4) is 0 Å². The summed E-state index contributed by atoms with van der Waals surface area (Å²) in [6.07, 6.45) is 5.42. The first-order chi connectivity index (χ1) is 16.2. The first kappa shape index (κ1) is 21.6. The van der Waals surface area contributed by atoms with Gasteiger partial charge in [0.15, 0.2) is 0 Å². The first-order valence-electron chi connectivity index (χ1n) is 11.1. The Labute approximate surface area is 198 Å². The Bertz CT molecular complexity index is 1490. The van der Waals surface area contributed by atoms with E-state index in [0.29, 0.717) is 0 Å². The molecule has 8 nitrogen and oxygen atoms in total. The molecule has 3 aromatic heterocycles. The molecular weight excluding hydrogens is 426 g/mol. The third-order valence-electron chi connectivity index (χ3n) is 5.74. The molecule has 3 heterocycles. The monoisotopic (exact) mass is 453 g/mol. The fourth-order valence-electron chi connectivity index (χ4n) is 4.18. The third-order valence-corrected chi connectivity index (χ3v) is 5.74. The van der Waals surface area contributed by atoms with Crippen molar-refractivity contribution in [3.05, 3.63) is 66.7 Å². The Hall–Kier alpha value is -4.20. The largest absolute Gasteiger partial charge is 0.497 e. The number of nitrogen functional groups attached to an aromatic ring is 1. The van der Waals surface area contributed by atoms with E-state index >= 15 is 0 Å². The molecule has 0 saturated carbocycles. The maximum absolute atomic E-state index is 5.66. The number of hydrogen-bond acceptors (Lipinski definition) is 6. The van der Waals surface area contributed by atoms with Crippen LogP contribution in [0.4, 0.5) is 5.95 Å². The summed E-state index contributed by atoms with van der Waals surface area (Å²) in [5.41, 5.74) is 12.0. The molecule has 0 saturated heterocycles. The van der Waals surface area contributed by atoms with Crippen molar-refractivity contribution < 1.29 is 4.74 Å². The van der Waals surface area contributed by atoms with E-state index in [-0.39, 0.29) is 11.5 Å². The van der Waals surface area contributed by atoms with E-state index in [0.717, 1.165) is 50.7 Å². The summed E-state index contributed by atoms with van der Waals surface area (Å²) in [5.74, 6) is 1.86. The lowest BCUT2D eigenvalue weighted by atomic mass is 10.0. The molecule has 0 bridgehead atoms. The van der Waals surface area contributed by atoms with Gasteiger partial charge in [0.1, 0.15) is 11.6 Å². The van der Waals surface area contributed by atoms with Gasteiger partial charge in [-0.25, -0.2) is 19.6 Å². The van der Waals surface area contributed by atoms with Crippen LogP contribution in [-0.2, 0) is 5.54 Å². The van der Waals surface area contributed by atoms with Crippen LogP contribution in [-0.4, -0.2) is 36.4 Å². The maximum atomic E-state index is 5.66. The Morgan fingerprint density at radius 2 is 1.71 bits per heavy atom. The predicted molar refractivity (Wildman–Crippen MR) is 134 cm³/mol. The van der Waals surface area contributed by atoms with Crippen molar-refractivity contribution in [1.82, 2.24) is 29.3 Å². The average molecular weight is 454 g/mol. The lowest BCUT2D eigenvalue weighted by molar-refractivity contribution is 0.410. The number of ether oxygens (including phenoxy) is 1. The van der Waals surface area contributed by atoms with Gasteiger partial charge in [-0.15, -0.1) is 0 Å². The number of benzene rings is 2. The second kappa shape index (κ2) is 7.98. The van der Waals surface area contributed by atoms with Gasteiger partial charge in [-0.05, 0) is 69.7 Å². The highest BCUT2D eigenvalue weighted by atomic mass is 16.5. The van der Waals surface area contributed by atoms with Crippen LogP contribution in [0.15, 0.2) is 61.1 Å². The van der Waals surface area contributed by atoms with Crippen LogP contribution in [0.2, 0.25) is 0 Å². The van der Waals surface area contributed by atoms with Crippen molar-refractivity contribution in [1.29, 1.82) is 0 Å². The summed E-state index contributed by atoms with van der Waals surface area (Å²) in [5, 5.41) is 4.64. The van der Waals surface area contributed by atoms with Gasteiger partial charge in [0.25, 0.3) is 0 Å². The van der Waals surface area contributed by atoms with Crippen molar-refractivity contribution in [2.75, 3.05) is 12.8 Å². The first-order valence-corrected chi connectivity index (χ1v) is 11.1. The van der Waals surface area contributed by atoms with E-state index in [1.54, 1.807) is 19.5 Å². The number of hydrogen-bond donors (Lipinski definition) is 1. The second-order valence-electron chi connectivity index (χ2n) is 9.26. The molecule has 0 spiro atoms. The molecule has 5 rings (SSSR count). The Balaban J connectivity index is 1.77. The normalized spacial score (nSPS) is 11.8. The summed E-state index contributed by atoms with van der Waals surface area (Å²) in [6.45, 7) is 8.51. The van der Waals surface area contributed by atoms with Crippen LogP contribution in [0.25, 0.3) is 39.2 Å². The van der Waals surface area contributed by atoms with Gasteiger partial charge in [-0.2, -0.15) is 5.10 Å². The highest BCUT2D eigenvalue weighted by Crippen LogP contribution is 2.37. The SMILES string of the molecule is COc1ccc(-n2ccc(C)n2)c(-c2nc3cc(-c4cnc(N)nc4)ccc3n2C(C)(C)C)c1. The Morgan fingerprint density at radius 3 is 2.35 bits per heavy atom. The fraction of sp³-hybridized carbons (Fsp3) is 0.231. The highest BCUT2D eigenvalue weighted by Gasteiger charge is 2.25. The summed E-state index contributed by atoms with van der Waals surface area (Å²) in [7, 11) is 1.67. The molecule has 2 N–H and O–H groups in total. The zero-order valence-electron chi connectivity index (χ0n) is 19.9. The number of aromatic nitrogens is 6. The number of aryl methyl sites for hydroxylation is 1. The summed E-state index contributed by atoms with van der Waals surface area (Å²) < 4.78 is 9.71. The average Bonchev–Trinajstić information content (AvgIpc) is 3.42. The van der Waals surface area contributed by atoms with Gasteiger partial charge in [0.2, 0.25) is 5.95 Å². The van der Waals surface area contributed by atoms with Gasteiger partial charge < -0.3 is 15.0 Å². The van der Waals surface area contributed by atoms with E-state index in [2.05, 4.69) is 58.6 Å². The molecule has 0 radical (unpaired) electrons. The van der Waals surface area contributed by atoms with Crippen LogP contribution in [0.1, 0.15) is 26.5 Å². The number of anilines is 1. The molecule has 0 aliphatic heterocycles. The van der Waals surface area contributed by atoms with Crippen LogP contribution < -0.4 is 10.5 Å². The quantitative estimate of drug-likeness (QED) is 0.411. The summed E-state index contributed by atoms with van der Waals surface area (Å²) >= 11 is 0. The number of fused-ring (bicyclic) bond motifs is 1. The van der Waals surface area contributed by atoms with Gasteiger partial charge in [0, 0.05) is 35.3 Å². The van der Waals surface area contributed by atoms with Gasteiger partial charge >= 0.3 is 0 Å². The minimum absolute atomic E-state index is 0.226. The van der Waals surface area contributed by atoms with Gasteiger partial charge in [0.05, 0.1) is 29.5 Å². The number of nitrogens with two attached hydrogens (primary N) is 1. The molecule has 0 unspecified atom stereocenters. The lowest BCUT2D eigenvalue weighted by Gasteiger charge is -2.25. The molecule has 0 aliphatic carbocycles. The standard InChI is InChI=1S/C26H27N7O/c1-16-10-11-32(31-16)22-9-7-19(34-5)13-20(22)24-30-21-12-17(18-14-28-25(27)29-15-18)6-8-23(21)33(24)26(2,3)4/h6-15H,1-5H3,(H2,27,28,29). The van der Waals surface area contributed by atoms with E-state index in [4.69, 9.17) is 15.5 Å². The minimum Gasteiger partial charge on any atom is -0.497 e. The second-order valence-corrected chi connectivity index (χ2v) is 9.26. The minimum atomic E-state index is -0.226. The van der Waals surface area contributed by atoms with Crippen molar-refractivity contribution in [2.24, 2.45) is 0 Å². The summed E-state index contributed by atoms with van der Waals surface area (Å²) in [6, 6.07) is 14.2. The Morgan fingerprint density at radius 1 is 0.941 bits per heavy atom. The van der Waals surface area contributed by atoms with E-state index in [1.807, 2.05) is 42.1 Å². The molecule has 172 valence electrons. The number of nitrogens with zero attached hydrogens (tertiary/aromatic N) is 6. The molecular formula is C26H27N7O. The van der Waals surface area contributed by atoms with E-state index in [9.17, 15) is 0 Å². The summed E-state index contributed by atoms with van der Waals surface area (Å²) in [4.78, 5) is 13.4.